The SMILES string of the molecule is CCc1cccc(CC)c1NC(=S)N/N=C/c1cccn1Cc1ccccc1C. The maximum atomic E-state index is 5.46. The zero-order valence-corrected chi connectivity index (χ0v) is 18.1. The summed E-state index contributed by atoms with van der Waals surface area (Å²) in [5, 5.41) is 8.16. The third kappa shape index (κ3) is 5.33. The van der Waals surface area contributed by atoms with Gasteiger partial charge < -0.3 is 9.88 Å². The van der Waals surface area contributed by atoms with E-state index in [1.165, 1.54) is 22.3 Å². The van der Waals surface area contributed by atoms with E-state index < -0.39 is 0 Å². The Morgan fingerprint density at radius 3 is 2.34 bits per heavy atom. The van der Waals surface area contributed by atoms with Crippen molar-refractivity contribution < 1.29 is 0 Å². The Balaban J connectivity index is 1.65. The van der Waals surface area contributed by atoms with E-state index in [0.29, 0.717) is 5.11 Å². The van der Waals surface area contributed by atoms with Gasteiger partial charge in [0.1, 0.15) is 0 Å². The molecule has 1 aromatic heterocycles. The summed E-state index contributed by atoms with van der Waals surface area (Å²) in [6, 6.07) is 18.9. The molecule has 150 valence electrons. The molecular formula is C24H28N4S. The first-order chi connectivity index (χ1) is 14.1. The van der Waals surface area contributed by atoms with Crippen LogP contribution in [0.4, 0.5) is 5.69 Å². The summed E-state index contributed by atoms with van der Waals surface area (Å²) in [6.45, 7) is 7.25. The lowest BCUT2D eigenvalue weighted by Gasteiger charge is -2.15. The Bertz CT molecular complexity index is 981. The Kier molecular flexibility index (Phi) is 7.19. The van der Waals surface area contributed by atoms with Gasteiger partial charge in [0, 0.05) is 18.4 Å². The number of hydrazone groups is 1. The molecule has 2 aromatic carbocycles. The molecule has 5 heteroatoms. The van der Waals surface area contributed by atoms with Crippen LogP contribution in [0.15, 0.2) is 65.9 Å². The second kappa shape index (κ2) is 10.0. The van der Waals surface area contributed by atoms with E-state index >= 15 is 0 Å². The van der Waals surface area contributed by atoms with Crippen molar-refractivity contribution in [2.45, 2.75) is 40.2 Å². The summed E-state index contributed by atoms with van der Waals surface area (Å²) < 4.78 is 2.17. The fourth-order valence-corrected chi connectivity index (χ4v) is 3.52. The van der Waals surface area contributed by atoms with Gasteiger partial charge in [-0.15, -0.1) is 0 Å². The Hall–Kier alpha value is -2.92. The van der Waals surface area contributed by atoms with Gasteiger partial charge in [0.05, 0.1) is 11.9 Å². The van der Waals surface area contributed by atoms with Crippen LogP contribution in [0.1, 0.15) is 41.8 Å². The minimum Gasteiger partial charge on any atom is -0.342 e. The van der Waals surface area contributed by atoms with Crippen LogP contribution >= 0.6 is 12.2 Å². The second-order valence-electron chi connectivity index (χ2n) is 6.97. The fourth-order valence-electron chi connectivity index (χ4n) is 3.36. The van der Waals surface area contributed by atoms with Crippen molar-refractivity contribution in [2.75, 3.05) is 5.32 Å². The molecular weight excluding hydrogens is 376 g/mol. The molecule has 3 aromatic rings. The number of anilines is 1. The van der Waals surface area contributed by atoms with Gasteiger partial charge in [-0.1, -0.05) is 56.3 Å². The molecule has 29 heavy (non-hydrogen) atoms. The smallest absolute Gasteiger partial charge is 0.191 e. The minimum atomic E-state index is 0.494. The van der Waals surface area contributed by atoms with E-state index in [-0.39, 0.29) is 0 Å². The van der Waals surface area contributed by atoms with E-state index in [9.17, 15) is 0 Å². The van der Waals surface area contributed by atoms with E-state index in [0.717, 1.165) is 30.8 Å². The van der Waals surface area contributed by atoms with E-state index in [1.54, 1.807) is 6.21 Å². The summed E-state index contributed by atoms with van der Waals surface area (Å²) in [7, 11) is 0. The summed E-state index contributed by atoms with van der Waals surface area (Å²) in [5.74, 6) is 0. The lowest BCUT2D eigenvalue weighted by Crippen LogP contribution is -2.25. The Morgan fingerprint density at radius 1 is 0.966 bits per heavy atom. The van der Waals surface area contributed by atoms with Crippen LogP contribution < -0.4 is 10.7 Å². The Labute approximate surface area is 178 Å². The van der Waals surface area contributed by atoms with Crippen molar-refractivity contribution in [3.8, 4) is 0 Å². The van der Waals surface area contributed by atoms with Crippen molar-refractivity contribution in [1.82, 2.24) is 9.99 Å². The van der Waals surface area contributed by atoms with Crippen LogP contribution in [0.5, 0.6) is 0 Å². The molecule has 0 saturated heterocycles. The van der Waals surface area contributed by atoms with Gasteiger partial charge in [-0.3, -0.25) is 5.43 Å². The van der Waals surface area contributed by atoms with E-state index in [4.69, 9.17) is 12.2 Å². The highest BCUT2D eigenvalue weighted by molar-refractivity contribution is 7.80. The molecule has 0 fully saturated rings. The van der Waals surface area contributed by atoms with Crippen LogP contribution in [0, 0.1) is 6.92 Å². The number of aryl methyl sites for hydroxylation is 3. The minimum absolute atomic E-state index is 0.494. The van der Waals surface area contributed by atoms with Crippen LogP contribution in [0.3, 0.4) is 0 Å². The molecule has 0 aliphatic carbocycles. The molecule has 0 spiro atoms. The average molecular weight is 405 g/mol. The number of thiocarbonyl (C=S) groups is 1. The molecule has 1 heterocycles. The molecule has 3 rings (SSSR count). The third-order valence-electron chi connectivity index (χ3n) is 5.07. The number of hydrogen-bond donors (Lipinski definition) is 2. The molecule has 4 nitrogen and oxygen atoms in total. The lowest BCUT2D eigenvalue weighted by molar-refractivity contribution is 0.793. The number of rotatable bonds is 7. The van der Waals surface area contributed by atoms with E-state index in [1.807, 2.05) is 12.1 Å². The fraction of sp³-hybridized carbons (Fsp3) is 0.250. The number of hydrogen-bond acceptors (Lipinski definition) is 2. The Morgan fingerprint density at radius 2 is 1.66 bits per heavy atom. The summed E-state index contributed by atoms with van der Waals surface area (Å²) in [4.78, 5) is 0. The van der Waals surface area contributed by atoms with Crippen LogP contribution in [-0.2, 0) is 19.4 Å². The standard InChI is InChI=1S/C24H28N4S/c1-4-19-12-8-13-20(5-2)23(19)26-24(29)27-25-16-22-14-9-15-28(22)17-21-11-7-6-10-18(21)3/h6-16H,4-5,17H2,1-3H3,(H2,26,27,29)/b25-16+. The number of benzene rings is 2. The quantitative estimate of drug-likeness (QED) is 0.319. The molecule has 0 radical (unpaired) electrons. The average Bonchev–Trinajstić information content (AvgIpc) is 3.16. The topological polar surface area (TPSA) is 41.4 Å². The number of nitrogens with zero attached hydrogens (tertiary/aromatic N) is 2. The van der Waals surface area contributed by atoms with Gasteiger partial charge in [-0.2, -0.15) is 5.10 Å². The first-order valence-corrected chi connectivity index (χ1v) is 10.4. The summed E-state index contributed by atoms with van der Waals surface area (Å²) in [6.07, 6.45) is 5.77. The largest absolute Gasteiger partial charge is 0.342 e. The van der Waals surface area contributed by atoms with Gasteiger partial charge in [0.2, 0.25) is 0 Å². The molecule has 0 saturated carbocycles. The van der Waals surface area contributed by atoms with Gasteiger partial charge in [0.15, 0.2) is 5.11 Å². The third-order valence-corrected chi connectivity index (χ3v) is 5.26. The number of nitrogens with one attached hydrogen (secondary N) is 2. The predicted molar refractivity (Wildman–Crippen MR) is 127 cm³/mol. The molecule has 0 atom stereocenters. The first kappa shape index (κ1) is 20.8. The van der Waals surface area contributed by atoms with Gasteiger partial charge in [-0.25, -0.2) is 0 Å². The molecule has 0 amide bonds. The van der Waals surface area contributed by atoms with Crippen molar-refractivity contribution >= 4 is 29.2 Å². The van der Waals surface area contributed by atoms with Crippen molar-refractivity contribution in [1.29, 1.82) is 0 Å². The highest BCUT2D eigenvalue weighted by Gasteiger charge is 2.07. The molecule has 0 bridgehead atoms. The molecule has 0 aliphatic heterocycles. The summed E-state index contributed by atoms with van der Waals surface area (Å²) in [5.41, 5.74) is 10.2. The van der Waals surface area contributed by atoms with Crippen molar-refractivity contribution in [2.24, 2.45) is 5.10 Å². The van der Waals surface area contributed by atoms with Gasteiger partial charge in [0.25, 0.3) is 0 Å². The van der Waals surface area contributed by atoms with Crippen molar-refractivity contribution in [3.05, 3.63) is 88.7 Å². The van der Waals surface area contributed by atoms with Crippen LogP contribution in [0.25, 0.3) is 0 Å². The normalized spacial score (nSPS) is 11.0. The van der Waals surface area contributed by atoms with Gasteiger partial charge >= 0.3 is 0 Å². The van der Waals surface area contributed by atoms with Crippen LogP contribution in [0.2, 0.25) is 0 Å². The first-order valence-electron chi connectivity index (χ1n) is 10.0. The maximum absolute atomic E-state index is 5.46. The predicted octanol–water partition coefficient (Wildman–Crippen LogP) is 5.29. The molecule has 0 unspecified atom stereocenters. The second-order valence-corrected chi connectivity index (χ2v) is 7.38. The lowest BCUT2D eigenvalue weighted by atomic mass is 10.0. The van der Waals surface area contributed by atoms with Gasteiger partial charge in [-0.05, 0) is 66.4 Å². The summed E-state index contributed by atoms with van der Waals surface area (Å²) >= 11 is 5.46. The highest BCUT2D eigenvalue weighted by atomic mass is 32.1. The monoisotopic (exact) mass is 404 g/mol. The maximum Gasteiger partial charge on any atom is 0.191 e. The zero-order chi connectivity index (χ0) is 20.6. The highest BCUT2D eigenvalue weighted by Crippen LogP contribution is 2.22. The van der Waals surface area contributed by atoms with Crippen LogP contribution in [-0.4, -0.2) is 15.9 Å². The van der Waals surface area contributed by atoms with E-state index in [2.05, 4.69) is 89.8 Å². The number of para-hydroxylation sites is 1. The van der Waals surface area contributed by atoms with Crippen molar-refractivity contribution in [3.63, 3.8) is 0 Å². The molecule has 2 N–H and O–H groups in total. The zero-order valence-electron chi connectivity index (χ0n) is 17.3. The molecule has 0 aliphatic rings. The number of aromatic nitrogens is 1.